The lowest BCUT2D eigenvalue weighted by molar-refractivity contribution is -0.131. The van der Waals surface area contributed by atoms with Crippen LogP contribution in [0.25, 0.3) is 0 Å². The first-order valence-electron chi connectivity index (χ1n) is 6.51. The smallest absolute Gasteiger partial charge is 0.321 e. The number of rotatable bonds is 6. The summed E-state index contributed by atoms with van der Waals surface area (Å²) in [6, 6.07) is -0.445. The van der Waals surface area contributed by atoms with Crippen LogP contribution in [0, 0.1) is 0 Å². The Morgan fingerprint density at radius 3 is 2.56 bits per heavy atom. The second-order valence-corrected chi connectivity index (χ2v) is 4.88. The lowest BCUT2D eigenvalue weighted by Gasteiger charge is -2.45. The van der Waals surface area contributed by atoms with E-state index in [1.54, 1.807) is 0 Å². The van der Waals surface area contributed by atoms with Gasteiger partial charge in [0.05, 0.1) is 12.1 Å². The van der Waals surface area contributed by atoms with Crippen LogP contribution in [0.5, 0.6) is 0 Å². The molecule has 0 bridgehead atoms. The number of aliphatic hydroxyl groups is 1. The number of nitrogens with zero attached hydrogens (tertiary/aromatic N) is 1. The molecular weight excluding hydrogens is 234 g/mol. The number of carbonyl (C=O) groups excluding carboxylic acids is 2. The molecule has 0 aromatic carbocycles. The molecule has 1 aliphatic rings. The predicted molar refractivity (Wildman–Crippen MR) is 68.1 cm³/mol. The summed E-state index contributed by atoms with van der Waals surface area (Å²) in [5, 5.41) is 14.7. The van der Waals surface area contributed by atoms with Gasteiger partial charge in [-0.05, 0) is 12.8 Å². The van der Waals surface area contributed by atoms with Gasteiger partial charge in [-0.1, -0.05) is 20.3 Å². The van der Waals surface area contributed by atoms with Crippen LogP contribution in [-0.2, 0) is 4.79 Å². The summed E-state index contributed by atoms with van der Waals surface area (Å²) in [5.74, 6) is -0.331. The van der Waals surface area contributed by atoms with E-state index in [0.717, 1.165) is 12.8 Å². The van der Waals surface area contributed by atoms with E-state index in [1.165, 1.54) is 0 Å². The molecule has 0 aromatic heterocycles. The van der Waals surface area contributed by atoms with Crippen molar-refractivity contribution in [3.63, 3.8) is 0 Å². The minimum Gasteiger partial charge on any atom is -0.387 e. The zero-order valence-electron chi connectivity index (χ0n) is 11.2. The highest BCUT2D eigenvalue weighted by Gasteiger charge is 2.39. The summed E-state index contributed by atoms with van der Waals surface area (Å²) in [4.78, 5) is 24.6. The van der Waals surface area contributed by atoms with Gasteiger partial charge in [0.2, 0.25) is 5.91 Å². The fourth-order valence-corrected chi connectivity index (χ4v) is 1.91. The summed E-state index contributed by atoms with van der Waals surface area (Å²) in [6.07, 6.45) is 2.58. The maximum absolute atomic E-state index is 11.5. The average molecular weight is 257 g/mol. The van der Waals surface area contributed by atoms with E-state index in [9.17, 15) is 14.7 Å². The Bertz CT molecular complexity index is 301. The van der Waals surface area contributed by atoms with Crippen molar-refractivity contribution in [2.24, 2.45) is 0 Å². The van der Waals surface area contributed by atoms with Gasteiger partial charge in [-0.3, -0.25) is 15.0 Å². The predicted octanol–water partition coefficient (Wildman–Crippen LogP) is 0.0690. The van der Waals surface area contributed by atoms with Crippen molar-refractivity contribution in [1.82, 2.24) is 15.5 Å². The zero-order valence-corrected chi connectivity index (χ0v) is 11.2. The Morgan fingerprint density at radius 1 is 1.33 bits per heavy atom. The molecule has 18 heavy (non-hydrogen) atoms. The van der Waals surface area contributed by atoms with E-state index < -0.39 is 11.6 Å². The molecule has 1 fully saturated rings. The number of carbonyl (C=O) groups is 2. The molecule has 0 saturated carbocycles. The summed E-state index contributed by atoms with van der Waals surface area (Å²) in [5.41, 5.74) is -0.649. The van der Waals surface area contributed by atoms with Gasteiger partial charge in [0.1, 0.15) is 0 Å². The minimum atomic E-state index is -0.649. The zero-order chi connectivity index (χ0) is 13.6. The van der Waals surface area contributed by atoms with Crippen molar-refractivity contribution in [3.05, 3.63) is 0 Å². The first-order chi connectivity index (χ1) is 8.49. The van der Waals surface area contributed by atoms with E-state index in [-0.39, 0.29) is 12.5 Å². The first-order valence-corrected chi connectivity index (χ1v) is 6.51. The normalized spacial score (nSPS) is 17.9. The number of hydrogen-bond acceptors (Lipinski definition) is 4. The van der Waals surface area contributed by atoms with Crippen molar-refractivity contribution in [1.29, 1.82) is 0 Å². The number of amides is 3. The molecule has 0 atom stereocenters. The number of unbranched alkanes of at least 4 members (excludes halogenated alkanes) is 1. The van der Waals surface area contributed by atoms with Gasteiger partial charge >= 0.3 is 6.03 Å². The number of nitrogens with one attached hydrogen (secondary N) is 2. The van der Waals surface area contributed by atoms with Gasteiger partial charge in [-0.2, -0.15) is 0 Å². The van der Waals surface area contributed by atoms with Crippen LogP contribution in [-0.4, -0.2) is 53.7 Å². The fourth-order valence-electron chi connectivity index (χ4n) is 1.91. The van der Waals surface area contributed by atoms with Gasteiger partial charge in [0, 0.05) is 19.6 Å². The largest absolute Gasteiger partial charge is 0.387 e. The number of hydrogen-bond donors (Lipinski definition) is 3. The number of urea groups is 1. The molecule has 6 heteroatoms. The van der Waals surface area contributed by atoms with Crippen molar-refractivity contribution in [2.45, 2.75) is 38.7 Å². The highest BCUT2D eigenvalue weighted by molar-refractivity contribution is 5.95. The quantitative estimate of drug-likeness (QED) is 0.588. The first kappa shape index (κ1) is 14.9. The third-order valence-corrected chi connectivity index (χ3v) is 3.13. The molecule has 0 radical (unpaired) electrons. The second kappa shape index (κ2) is 6.70. The van der Waals surface area contributed by atoms with E-state index in [0.29, 0.717) is 26.1 Å². The summed E-state index contributed by atoms with van der Waals surface area (Å²) in [6.45, 7) is 5.67. The maximum atomic E-state index is 11.5. The lowest BCUT2D eigenvalue weighted by Crippen LogP contribution is -2.63. The molecule has 3 amide bonds. The van der Waals surface area contributed by atoms with Crippen molar-refractivity contribution in [2.75, 3.05) is 26.2 Å². The molecule has 3 N–H and O–H groups in total. The van der Waals surface area contributed by atoms with Crippen LogP contribution in [0.2, 0.25) is 0 Å². The van der Waals surface area contributed by atoms with Crippen LogP contribution >= 0.6 is 0 Å². The number of imide groups is 1. The Kier molecular flexibility index (Phi) is 5.55. The van der Waals surface area contributed by atoms with Crippen LogP contribution in [0.4, 0.5) is 4.79 Å². The summed E-state index contributed by atoms with van der Waals surface area (Å²) < 4.78 is 0. The van der Waals surface area contributed by atoms with E-state index >= 15 is 0 Å². The molecule has 0 aliphatic carbocycles. The highest BCUT2D eigenvalue weighted by atomic mass is 16.3. The van der Waals surface area contributed by atoms with Crippen LogP contribution in [0.1, 0.15) is 33.1 Å². The molecule has 104 valence electrons. The van der Waals surface area contributed by atoms with Crippen molar-refractivity contribution >= 4 is 11.9 Å². The van der Waals surface area contributed by atoms with E-state index in [1.807, 2.05) is 18.7 Å². The van der Waals surface area contributed by atoms with Crippen LogP contribution in [0.15, 0.2) is 0 Å². The fraction of sp³-hybridized carbons (Fsp3) is 0.833. The summed E-state index contributed by atoms with van der Waals surface area (Å²) >= 11 is 0. The Morgan fingerprint density at radius 2 is 2.00 bits per heavy atom. The van der Waals surface area contributed by atoms with Gasteiger partial charge in [0.25, 0.3) is 0 Å². The third kappa shape index (κ3) is 4.62. The maximum Gasteiger partial charge on any atom is 0.321 e. The molecule has 0 unspecified atom stereocenters. The molecular formula is C12H23N3O3. The summed E-state index contributed by atoms with van der Waals surface area (Å²) in [7, 11) is 0. The molecule has 1 rings (SSSR count). The molecule has 6 nitrogen and oxygen atoms in total. The Balaban J connectivity index is 2.13. The van der Waals surface area contributed by atoms with E-state index in [2.05, 4.69) is 10.6 Å². The second-order valence-electron chi connectivity index (χ2n) is 4.88. The van der Waals surface area contributed by atoms with Crippen LogP contribution in [0.3, 0.4) is 0 Å². The standard InChI is InChI=1S/C12H23N3O3/c1-3-5-6-13-11(17)14-10(16)7-15-8-12(18,4-2)9-15/h18H,3-9H2,1-2H3,(H2,13,14,16,17). The monoisotopic (exact) mass is 257 g/mol. The Labute approximate surface area is 108 Å². The van der Waals surface area contributed by atoms with Gasteiger partial charge in [-0.15, -0.1) is 0 Å². The average Bonchev–Trinajstić information content (AvgIpc) is 2.26. The highest BCUT2D eigenvalue weighted by Crippen LogP contribution is 2.23. The minimum absolute atomic E-state index is 0.156. The molecule has 1 saturated heterocycles. The topological polar surface area (TPSA) is 81.7 Å². The Hall–Kier alpha value is -1.14. The van der Waals surface area contributed by atoms with E-state index in [4.69, 9.17) is 0 Å². The van der Waals surface area contributed by atoms with Crippen molar-refractivity contribution < 1.29 is 14.7 Å². The molecule has 1 heterocycles. The molecule has 0 aromatic rings. The van der Waals surface area contributed by atoms with Gasteiger partial charge in [0.15, 0.2) is 0 Å². The van der Waals surface area contributed by atoms with Gasteiger partial charge < -0.3 is 10.4 Å². The SMILES string of the molecule is CCCCNC(=O)NC(=O)CN1CC(O)(CC)C1. The lowest BCUT2D eigenvalue weighted by atomic mass is 9.91. The van der Waals surface area contributed by atoms with Crippen LogP contribution < -0.4 is 10.6 Å². The number of β-amino-alcohol motifs (C(OH)–C–C–N with tert-alkyl or cyclic N) is 1. The number of likely N-dealkylation sites (tertiary alicyclic amines) is 1. The van der Waals surface area contributed by atoms with Gasteiger partial charge in [-0.25, -0.2) is 4.79 Å². The molecule has 1 aliphatic heterocycles. The third-order valence-electron chi connectivity index (χ3n) is 3.13. The van der Waals surface area contributed by atoms with Crippen molar-refractivity contribution in [3.8, 4) is 0 Å². The molecule has 0 spiro atoms.